The first-order valence-corrected chi connectivity index (χ1v) is 14.1. The zero-order chi connectivity index (χ0) is 29.4. The molecule has 1 saturated carbocycles. The van der Waals surface area contributed by atoms with Crippen LogP contribution < -0.4 is 10.6 Å². The summed E-state index contributed by atoms with van der Waals surface area (Å²) in [5.41, 5.74) is 1.52. The van der Waals surface area contributed by atoms with Crippen LogP contribution in [0.5, 0.6) is 5.75 Å². The number of nitrogens with zero attached hydrogens (tertiary/aromatic N) is 1. The lowest BCUT2D eigenvalue weighted by Crippen LogP contribution is -2.58. The van der Waals surface area contributed by atoms with E-state index < -0.39 is 23.8 Å². The van der Waals surface area contributed by atoms with Crippen molar-refractivity contribution in [1.82, 2.24) is 15.5 Å². The van der Waals surface area contributed by atoms with Crippen molar-refractivity contribution in [2.75, 3.05) is 0 Å². The third-order valence-corrected chi connectivity index (χ3v) is 7.02. The quantitative estimate of drug-likeness (QED) is 0.315. The van der Waals surface area contributed by atoms with Crippen molar-refractivity contribution < 1.29 is 24.2 Å². The molecule has 3 N–H and O–H groups in total. The van der Waals surface area contributed by atoms with E-state index in [1.165, 1.54) is 12.1 Å². The highest BCUT2D eigenvalue weighted by Gasteiger charge is 2.42. The number of aromatic hydroxyl groups is 1. The first kappa shape index (κ1) is 29.6. The Balaban J connectivity index is 1.69. The fourth-order valence-electron chi connectivity index (χ4n) is 4.88. The van der Waals surface area contributed by atoms with Gasteiger partial charge in [-0.2, -0.15) is 0 Å². The summed E-state index contributed by atoms with van der Waals surface area (Å²) in [5, 5.41) is 16.1. The number of carbonyl (C=O) groups is 3. The maximum absolute atomic E-state index is 14.5. The van der Waals surface area contributed by atoms with Crippen LogP contribution in [-0.2, 0) is 27.3 Å². The average molecular weight is 558 g/mol. The molecule has 8 heteroatoms. The number of ether oxygens (including phenoxy) is 1. The van der Waals surface area contributed by atoms with E-state index in [0.717, 1.165) is 30.4 Å². The predicted molar refractivity (Wildman–Crippen MR) is 157 cm³/mol. The Morgan fingerprint density at radius 1 is 0.927 bits per heavy atom. The van der Waals surface area contributed by atoms with E-state index in [0.29, 0.717) is 5.56 Å². The lowest BCUT2D eigenvalue weighted by Gasteiger charge is -2.43. The number of hydrogen-bond donors (Lipinski definition) is 3. The molecule has 2 unspecified atom stereocenters. The second-order valence-corrected chi connectivity index (χ2v) is 11.4. The lowest BCUT2D eigenvalue weighted by molar-refractivity contribution is -0.147. The smallest absolute Gasteiger partial charge is 0.408 e. The molecule has 4 rings (SSSR count). The van der Waals surface area contributed by atoms with Crippen molar-refractivity contribution in [2.45, 2.75) is 76.7 Å². The summed E-state index contributed by atoms with van der Waals surface area (Å²) in [7, 11) is 0. The van der Waals surface area contributed by atoms with Crippen LogP contribution >= 0.6 is 0 Å². The third-order valence-electron chi connectivity index (χ3n) is 7.02. The van der Waals surface area contributed by atoms with Crippen molar-refractivity contribution in [2.24, 2.45) is 0 Å². The summed E-state index contributed by atoms with van der Waals surface area (Å²) in [5.74, 6) is -0.750. The number of rotatable bonds is 10. The largest absolute Gasteiger partial charge is 0.508 e. The number of phenolic OH excluding ortho intramolecular Hbond substituents is 1. The molecule has 1 aliphatic carbocycles. The number of benzene rings is 3. The van der Waals surface area contributed by atoms with E-state index >= 15 is 0 Å². The molecule has 216 valence electrons. The molecule has 8 nitrogen and oxygen atoms in total. The summed E-state index contributed by atoms with van der Waals surface area (Å²) in [6.45, 7) is 5.56. The molecule has 0 spiro atoms. The zero-order valence-corrected chi connectivity index (χ0v) is 23.9. The van der Waals surface area contributed by atoms with Crippen molar-refractivity contribution in [1.29, 1.82) is 0 Å². The highest BCUT2D eigenvalue weighted by Crippen LogP contribution is 2.35. The van der Waals surface area contributed by atoms with Crippen LogP contribution in [0.25, 0.3) is 0 Å². The molecular weight excluding hydrogens is 518 g/mol. The van der Waals surface area contributed by atoms with Gasteiger partial charge in [-0.05, 0) is 68.9 Å². The van der Waals surface area contributed by atoms with E-state index in [4.69, 9.17) is 4.74 Å². The topological polar surface area (TPSA) is 108 Å². The van der Waals surface area contributed by atoms with Gasteiger partial charge >= 0.3 is 6.09 Å². The van der Waals surface area contributed by atoms with Crippen LogP contribution in [0.4, 0.5) is 4.79 Å². The Bertz CT molecular complexity index is 1320. The van der Waals surface area contributed by atoms with Crippen molar-refractivity contribution >= 4 is 17.9 Å². The second kappa shape index (κ2) is 13.4. The van der Waals surface area contributed by atoms with Gasteiger partial charge in [-0.3, -0.25) is 9.59 Å². The Morgan fingerprint density at radius 3 is 2.12 bits per heavy atom. The molecule has 0 radical (unpaired) electrons. The second-order valence-electron chi connectivity index (χ2n) is 11.4. The van der Waals surface area contributed by atoms with Gasteiger partial charge in [0.15, 0.2) is 0 Å². The molecule has 0 aliphatic heterocycles. The Kier molecular flexibility index (Phi) is 9.65. The van der Waals surface area contributed by atoms with Gasteiger partial charge in [-0.15, -0.1) is 0 Å². The van der Waals surface area contributed by atoms with Gasteiger partial charge in [-0.1, -0.05) is 72.8 Å². The van der Waals surface area contributed by atoms with Gasteiger partial charge in [-0.25, -0.2) is 4.79 Å². The summed E-state index contributed by atoms with van der Waals surface area (Å²) >= 11 is 0. The van der Waals surface area contributed by atoms with Crippen LogP contribution in [0.2, 0.25) is 0 Å². The van der Waals surface area contributed by atoms with Gasteiger partial charge < -0.3 is 25.4 Å². The Hall–Kier alpha value is -4.33. The van der Waals surface area contributed by atoms with E-state index in [2.05, 4.69) is 10.6 Å². The molecule has 3 amide bonds. The number of amides is 3. The van der Waals surface area contributed by atoms with Crippen molar-refractivity contribution in [3.05, 3.63) is 102 Å². The molecule has 1 aliphatic rings. The molecule has 3 aromatic rings. The fraction of sp³-hybridized carbons (Fsp3) is 0.364. The van der Waals surface area contributed by atoms with Crippen LogP contribution in [0.1, 0.15) is 62.8 Å². The molecule has 0 heterocycles. The van der Waals surface area contributed by atoms with Gasteiger partial charge in [0.05, 0.1) is 0 Å². The first-order chi connectivity index (χ1) is 19.6. The van der Waals surface area contributed by atoms with E-state index in [-0.39, 0.29) is 36.6 Å². The number of alkyl carbamates (subject to hydrolysis) is 1. The number of phenols is 1. The minimum absolute atomic E-state index is 0.00270. The van der Waals surface area contributed by atoms with Gasteiger partial charge in [0.25, 0.3) is 0 Å². The molecule has 1 fully saturated rings. The normalized spacial score (nSPS) is 14.7. The van der Waals surface area contributed by atoms with Crippen LogP contribution in [0, 0.1) is 0 Å². The van der Waals surface area contributed by atoms with E-state index in [1.807, 2.05) is 60.7 Å². The lowest BCUT2D eigenvalue weighted by atomic mass is 9.87. The van der Waals surface area contributed by atoms with E-state index in [1.54, 1.807) is 37.8 Å². The van der Waals surface area contributed by atoms with Crippen LogP contribution in [-0.4, -0.2) is 45.6 Å². The van der Waals surface area contributed by atoms with E-state index in [9.17, 15) is 19.5 Å². The number of carbonyl (C=O) groups excluding carboxylic acids is 3. The molecular formula is C33H39N3O5. The average Bonchev–Trinajstić information content (AvgIpc) is 2.90. The monoisotopic (exact) mass is 557 g/mol. The van der Waals surface area contributed by atoms with Gasteiger partial charge in [0, 0.05) is 19.0 Å². The Labute approximate surface area is 241 Å². The SMILES string of the molecule is CC(C)(C)OC(=O)NC(Cc1ccccc1)C(=O)N(C1CCC1)C(C(=O)NCc1ccccc1)c1cccc(O)c1. The van der Waals surface area contributed by atoms with Crippen LogP contribution in [0.15, 0.2) is 84.9 Å². The number of hydrogen-bond acceptors (Lipinski definition) is 5. The predicted octanol–water partition coefficient (Wildman–Crippen LogP) is 5.27. The minimum Gasteiger partial charge on any atom is -0.508 e. The zero-order valence-electron chi connectivity index (χ0n) is 23.9. The van der Waals surface area contributed by atoms with Gasteiger partial charge in [0.2, 0.25) is 11.8 Å². The van der Waals surface area contributed by atoms with Crippen molar-refractivity contribution in [3.8, 4) is 5.75 Å². The molecule has 2 atom stereocenters. The first-order valence-electron chi connectivity index (χ1n) is 14.1. The summed E-state index contributed by atoms with van der Waals surface area (Å²) in [6, 6.07) is 23.2. The maximum Gasteiger partial charge on any atom is 0.408 e. The maximum atomic E-state index is 14.5. The molecule has 41 heavy (non-hydrogen) atoms. The van der Waals surface area contributed by atoms with Gasteiger partial charge in [0.1, 0.15) is 23.4 Å². The fourth-order valence-corrected chi connectivity index (χ4v) is 4.88. The minimum atomic E-state index is -1.01. The molecule has 0 aromatic heterocycles. The summed E-state index contributed by atoms with van der Waals surface area (Å²) < 4.78 is 5.50. The van der Waals surface area contributed by atoms with Crippen molar-refractivity contribution in [3.63, 3.8) is 0 Å². The summed E-state index contributed by atoms with van der Waals surface area (Å²) in [4.78, 5) is 42.9. The third kappa shape index (κ3) is 8.33. The highest BCUT2D eigenvalue weighted by molar-refractivity contribution is 5.92. The standard InChI is InChI=1S/C33H39N3O5/c1-33(2,3)41-32(40)35-28(20-23-12-6-4-7-13-23)31(39)36(26-17-11-18-26)29(25-16-10-19-27(37)21-25)30(38)34-22-24-14-8-5-9-15-24/h4-10,12-16,19,21,26,28-29,37H,11,17-18,20,22H2,1-3H3,(H,34,38)(H,35,40). The molecule has 0 bridgehead atoms. The van der Waals surface area contributed by atoms with Crippen LogP contribution in [0.3, 0.4) is 0 Å². The number of nitrogens with one attached hydrogen (secondary N) is 2. The summed E-state index contributed by atoms with van der Waals surface area (Å²) in [6.07, 6.45) is 1.91. The molecule has 3 aromatic carbocycles. The highest BCUT2D eigenvalue weighted by atomic mass is 16.6. The molecule has 0 saturated heterocycles. The Morgan fingerprint density at radius 2 is 1.56 bits per heavy atom.